The Morgan fingerprint density at radius 3 is 1.56 bits per heavy atom. The number of carboxylic acid groups (broad SMARTS) is 3. The van der Waals surface area contributed by atoms with Gasteiger partial charge in [0.1, 0.15) is 48.3 Å². The third-order valence-electron chi connectivity index (χ3n) is 12.5. The van der Waals surface area contributed by atoms with E-state index in [0.717, 1.165) is 6.92 Å². The van der Waals surface area contributed by atoms with Crippen molar-refractivity contribution in [1.82, 2.24) is 47.5 Å². The number of carbonyl (C=O) groups is 12. The highest BCUT2D eigenvalue weighted by Crippen LogP contribution is 2.20. The van der Waals surface area contributed by atoms with Crippen molar-refractivity contribution >= 4 is 82.0 Å². The van der Waals surface area contributed by atoms with E-state index in [0.29, 0.717) is 22.0 Å². The van der Waals surface area contributed by atoms with Crippen LogP contribution >= 0.6 is 0 Å². The van der Waals surface area contributed by atoms with Gasteiger partial charge in [0.2, 0.25) is 53.2 Å². The van der Waals surface area contributed by atoms with Crippen molar-refractivity contribution in [2.75, 3.05) is 6.61 Å². The molecule has 18 N–H and O–H groups in total. The van der Waals surface area contributed by atoms with Gasteiger partial charge in [-0.25, -0.2) is 4.79 Å². The number of primary amides is 1. The maximum Gasteiger partial charge on any atom is 0.326 e. The summed E-state index contributed by atoms with van der Waals surface area (Å²) < 4.78 is 0. The number of hydrogen-bond donors (Lipinski definition) is 16. The van der Waals surface area contributed by atoms with E-state index in [1.54, 1.807) is 88.5 Å². The summed E-state index contributed by atoms with van der Waals surface area (Å²) in [5.74, 6) is -14.3. The highest BCUT2D eigenvalue weighted by atomic mass is 16.4. The van der Waals surface area contributed by atoms with Crippen LogP contribution in [0.2, 0.25) is 0 Å². The van der Waals surface area contributed by atoms with Gasteiger partial charge < -0.3 is 84.5 Å². The SMILES string of the molecule is CC(C)CC(N)C(=O)NC(CC(=O)O)C(=O)NC(Cc1ccccc1)C(=O)NC(CO)C(=O)NC(Cc1c[nH]c2ccccc12)C(=O)NC(CC(C)C)C(=O)NC(CCC(N)=O)C(=O)NC(C(=O)NC(CCC(=O)O)C(=O)O)C(C)O. The minimum Gasteiger partial charge on any atom is -0.481 e. The number of carboxylic acids is 3. The first-order chi connectivity index (χ1) is 38.1. The highest BCUT2D eigenvalue weighted by molar-refractivity contribution is 5.99. The quantitative estimate of drug-likeness (QED) is 0.0285. The Hall–Kier alpha value is -8.50. The van der Waals surface area contributed by atoms with Gasteiger partial charge in [-0.05, 0) is 61.6 Å². The first-order valence-electron chi connectivity index (χ1n) is 26.1. The van der Waals surface area contributed by atoms with E-state index in [-0.39, 0.29) is 37.5 Å². The van der Waals surface area contributed by atoms with Crippen molar-refractivity contribution in [1.29, 1.82) is 0 Å². The Balaban J connectivity index is 1.97. The highest BCUT2D eigenvalue weighted by Gasteiger charge is 2.37. The van der Waals surface area contributed by atoms with E-state index in [4.69, 9.17) is 16.6 Å². The summed E-state index contributed by atoms with van der Waals surface area (Å²) in [6.07, 6.45) is -3.70. The molecule has 444 valence electrons. The lowest BCUT2D eigenvalue weighted by Crippen LogP contribution is -2.62. The van der Waals surface area contributed by atoms with E-state index in [9.17, 15) is 78.0 Å². The second kappa shape index (κ2) is 32.5. The van der Waals surface area contributed by atoms with Crippen LogP contribution < -0.4 is 54.0 Å². The van der Waals surface area contributed by atoms with Gasteiger partial charge in [0.15, 0.2) is 0 Å². The molecule has 0 aliphatic carbocycles. The lowest BCUT2D eigenvalue weighted by Gasteiger charge is -2.28. The molecule has 2 aromatic carbocycles. The Bertz CT molecular complexity index is 2700. The van der Waals surface area contributed by atoms with Crippen LogP contribution in [-0.4, -0.2) is 169 Å². The molecule has 1 aromatic heterocycles. The monoisotopic (exact) mass is 1140 g/mol. The van der Waals surface area contributed by atoms with E-state index >= 15 is 0 Å². The lowest BCUT2D eigenvalue weighted by atomic mass is 9.99. The van der Waals surface area contributed by atoms with Crippen LogP contribution in [0.15, 0.2) is 60.8 Å². The maximum atomic E-state index is 14.6. The number of nitrogens with one attached hydrogen (secondary N) is 9. The lowest BCUT2D eigenvalue weighted by molar-refractivity contribution is -0.144. The molecule has 10 unspecified atom stereocenters. The number of H-pyrrole nitrogens is 1. The molecule has 0 fully saturated rings. The first-order valence-corrected chi connectivity index (χ1v) is 26.1. The third-order valence-corrected chi connectivity index (χ3v) is 12.5. The smallest absolute Gasteiger partial charge is 0.326 e. The van der Waals surface area contributed by atoms with Crippen LogP contribution in [0.4, 0.5) is 0 Å². The van der Waals surface area contributed by atoms with Crippen molar-refractivity contribution in [3.63, 3.8) is 0 Å². The summed E-state index contributed by atoms with van der Waals surface area (Å²) in [6.45, 7) is 6.98. The molecule has 0 aliphatic heterocycles. The predicted octanol–water partition coefficient (Wildman–Crippen LogP) is -2.69. The number of aliphatic carboxylic acids is 3. The Morgan fingerprint density at radius 1 is 0.519 bits per heavy atom. The number of aromatic amines is 1. The van der Waals surface area contributed by atoms with Crippen molar-refractivity contribution in [3.8, 4) is 0 Å². The fraction of sp³-hybridized carbons (Fsp3) is 0.509. The second-order valence-electron chi connectivity index (χ2n) is 20.3. The molecule has 0 bridgehead atoms. The van der Waals surface area contributed by atoms with Crippen LogP contribution in [0.25, 0.3) is 10.9 Å². The van der Waals surface area contributed by atoms with Gasteiger partial charge in [0.05, 0.1) is 25.2 Å². The molecular formula is C53H75N11O17. The first kappa shape index (κ1) is 66.8. The van der Waals surface area contributed by atoms with Gasteiger partial charge in [-0.2, -0.15) is 0 Å². The van der Waals surface area contributed by atoms with Crippen LogP contribution in [0.3, 0.4) is 0 Å². The van der Waals surface area contributed by atoms with E-state index in [1.165, 1.54) is 0 Å². The number of rotatable bonds is 35. The van der Waals surface area contributed by atoms with Crippen molar-refractivity contribution in [2.24, 2.45) is 23.3 Å². The molecule has 3 rings (SSSR count). The van der Waals surface area contributed by atoms with Crippen LogP contribution in [0.1, 0.15) is 90.7 Å². The largest absolute Gasteiger partial charge is 0.481 e. The van der Waals surface area contributed by atoms with Crippen molar-refractivity contribution in [3.05, 3.63) is 71.9 Å². The molecule has 81 heavy (non-hydrogen) atoms. The zero-order valence-electron chi connectivity index (χ0n) is 45.6. The molecule has 28 nitrogen and oxygen atoms in total. The molecule has 0 radical (unpaired) electrons. The molecule has 10 atom stereocenters. The number of carbonyl (C=O) groups excluding carboxylic acids is 9. The van der Waals surface area contributed by atoms with E-state index in [2.05, 4.69) is 47.5 Å². The Kier molecular flexibility index (Phi) is 26.8. The molecule has 1 heterocycles. The number of aliphatic hydroxyl groups is 2. The molecule has 9 amide bonds. The van der Waals surface area contributed by atoms with Gasteiger partial charge in [0, 0.05) is 42.8 Å². The fourth-order valence-corrected chi connectivity index (χ4v) is 8.33. The minimum absolute atomic E-state index is 0.0318. The molecule has 28 heteroatoms. The van der Waals surface area contributed by atoms with Gasteiger partial charge in [-0.15, -0.1) is 0 Å². The number of benzene rings is 2. The molecule has 0 spiro atoms. The maximum absolute atomic E-state index is 14.6. The van der Waals surface area contributed by atoms with E-state index in [1.807, 2.05) is 0 Å². The number of aromatic nitrogens is 1. The zero-order chi connectivity index (χ0) is 60.7. The predicted molar refractivity (Wildman–Crippen MR) is 288 cm³/mol. The summed E-state index contributed by atoms with van der Waals surface area (Å²) in [6, 6.07) is 0.473. The van der Waals surface area contributed by atoms with E-state index < -0.39 is 170 Å². The number of hydrogen-bond acceptors (Lipinski definition) is 15. The average Bonchev–Trinajstić information content (AvgIpc) is 3.81. The Morgan fingerprint density at radius 2 is 1.00 bits per heavy atom. The van der Waals surface area contributed by atoms with Crippen molar-refractivity contribution < 1.29 is 83.1 Å². The number of nitrogens with two attached hydrogens (primary N) is 2. The van der Waals surface area contributed by atoms with Gasteiger partial charge in [-0.1, -0.05) is 76.2 Å². The van der Waals surface area contributed by atoms with Gasteiger partial charge >= 0.3 is 17.9 Å². The van der Waals surface area contributed by atoms with Crippen LogP contribution in [0, 0.1) is 11.8 Å². The summed E-state index contributed by atoms with van der Waals surface area (Å²) in [5.41, 5.74) is 13.0. The zero-order valence-corrected chi connectivity index (χ0v) is 45.6. The standard InChI is InChI=1S/C53H75N11O17/c1-26(2)19-32(54)45(72)59-39(23-43(70)71)50(77)61-37(21-29-11-7-6-8-12-29)48(75)63-40(25-65)51(78)62-38(22-30-24-56-33-14-10-9-13-31(30)33)49(76)60-36(20-27(3)4)47(74)57-34(15-17-41(55)67)46(73)64-44(28(5)66)52(79)58-35(53(80)81)16-18-42(68)69/h6-14,24,26-28,32,34-40,44,56,65-66H,15-23,25,54H2,1-5H3,(H2,55,67)(H,57,74)(H,58,79)(H,59,72)(H,60,76)(H,61,77)(H,62,78)(H,63,75)(H,64,73)(H,68,69)(H,70,71)(H,80,81). The third kappa shape index (κ3) is 22.6. The minimum atomic E-state index is -1.88. The number of para-hydroxylation sites is 1. The molecule has 0 saturated carbocycles. The Labute approximate surface area is 466 Å². The normalized spacial score (nSPS) is 14.9. The molecule has 0 saturated heterocycles. The fourth-order valence-electron chi connectivity index (χ4n) is 8.33. The second-order valence-corrected chi connectivity index (χ2v) is 20.3. The summed E-state index contributed by atoms with van der Waals surface area (Å²) >= 11 is 0. The number of aliphatic hydroxyl groups excluding tert-OH is 2. The van der Waals surface area contributed by atoms with Crippen LogP contribution in [0.5, 0.6) is 0 Å². The van der Waals surface area contributed by atoms with Gasteiger partial charge in [0.25, 0.3) is 0 Å². The average molecular weight is 1140 g/mol. The summed E-state index contributed by atoms with van der Waals surface area (Å²) in [5, 5.41) is 69.0. The van der Waals surface area contributed by atoms with Crippen molar-refractivity contribution in [2.45, 2.75) is 153 Å². The molecule has 0 aliphatic rings. The molecular weight excluding hydrogens is 1060 g/mol. The van der Waals surface area contributed by atoms with Gasteiger partial charge in [-0.3, -0.25) is 52.7 Å². The number of amides is 9. The topological polar surface area (TPSA) is 470 Å². The van der Waals surface area contributed by atoms with Crippen LogP contribution in [-0.2, 0) is 70.4 Å². The summed E-state index contributed by atoms with van der Waals surface area (Å²) in [4.78, 5) is 161. The number of fused-ring (bicyclic) bond motifs is 1. The molecule has 3 aromatic rings. The summed E-state index contributed by atoms with van der Waals surface area (Å²) in [7, 11) is 0.